The van der Waals surface area contributed by atoms with Crippen LogP contribution in [0.2, 0.25) is 0 Å². The molecule has 3 unspecified atom stereocenters. The van der Waals surface area contributed by atoms with Crippen LogP contribution in [0.3, 0.4) is 0 Å². The van der Waals surface area contributed by atoms with Gasteiger partial charge >= 0.3 is 0 Å². The number of methoxy groups -OCH3 is 5. The van der Waals surface area contributed by atoms with Gasteiger partial charge in [0.25, 0.3) is 0 Å². The Hall–Kier alpha value is -10.0. The van der Waals surface area contributed by atoms with Gasteiger partial charge in [0.1, 0.15) is 28.7 Å². The van der Waals surface area contributed by atoms with E-state index in [1.165, 1.54) is 54.5 Å². The Morgan fingerprint density at radius 2 is 0.705 bits per heavy atom. The van der Waals surface area contributed by atoms with Gasteiger partial charge in [0.2, 0.25) is 0 Å². The molecule has 15 aromatic carbocycles. The lowest BCUT2D eigenvalue weighted by atomic mass is 9.64. The van der Waals surface area contributed by atoms with Gasteiger partial charge in [-0.1, -0.05) is 355 Å². The molecule has 610 valence electrons. The lowest BCUT2D eigenvalue weighted by Gasteiger charge is -2.37. The van der Waals surface area contributed by atoms with Crippen molar-refractivity contribution in [3.8, 4) is 95.5 Å². The first-order valence-corrected chi connectivity index (χ1v) is 45.5. The van der Waals surface area contributed by atoms with Crippen LogP contribution in [0.1, 0.15) is 76.7 Å². The van der Waals surface area contributed by atoms with E-state index in [0.29, 0.717) is 34.1 Å². The number of hydrogen-bond donors (Lipinski definition) is 0. The minimum absolute atomic E-state index is 0.0144. The van der Waals surface area contributed by atoms with Gasteiger partial charge in [-0.15, -0.1) is 0 Å². The topological polar surface area (TPSA) is 80.3 Å². The normalized spacial score (nSPS) is 13.8. The molecule has 15 heteroatoms. The van der Waals surface area contributed by atoms with E-state index in [4.69, 9.17) is 23.7 Å². The Morgan fingerprint density at radius 1 is 0.295 bits per heavy atom. The quantitative estimate of drug-likeness (QED) is 0.100. The molecule has 3 atom stereocenters. The number of halogens is 8. The second kappa shape index (κ2) is 41.9. The molecule has 0 heterocycles. The van der Waals surface area contributed by atoms with E-state index in [9.17, 15) is 9.59 Å². The van der Waals surface area contributed by atoms with Gasteiger partial charge in [0.15, 0.2) is 11.6 Å². The van der Waals surface area contributed by atoms with Gasteiger partial charge in [0, 0.05) is 86.6 Å². The second-order valence-electron chi connectivity index (χ2n) is 28.9. The first-order valence-electron chi connectivity index (χ1n) is 39.2. The SMILES string of the molecule is Brc1ccccc1Br.COc1ccc(Br)c(-c2ccccc2C(=O)c2ccccc2-c2cc(C)ccc2Br)c1.COc1ccc(Br)c2c1C1(c3ccccc3-2)c2c(C)ccc(Br)c2C2C=CC=CC21.COc1cccc(-c2ccccc2Br)c1.COc1cccc(-c2ccccc2C(=O)c2ccccc2-c2cccc(C)c2)c1.COc1cccc(Br)c1. The summed E-state index contributed by atoms with van der Waals surface area (Å²) in [4.78, 5) is 27.5. The summed E-state index contributed by atoms with van der Waals surface area (Å²) in [5.74, 6) is 4.83. The first-order chi connectivity index (χ1) is 59.2. The Kier molecular flexibility index (Phi) is 30.8. The smallest absolute Gasteiger partial charge is 0.194 e. The summed E-state index contributed by atoms with van der Waals surface area (Å²) in [7, 11) is 8.41. The molecule has 3 aliphatic rings. The van der Waals surface area contributed by atoms with Crippen LogP contribution in [0.4, 0.5) is 0 Å². The van der Waals surface area contributed by atoms with E-state index in [0.717, 1.165) is 116 Å². The third-order valence-electron chi connectivity index (χ3n) is 21.5. The minimum atomic E-state index is -0.282. The zero-order valence-electron chi connectivity index (χ0n) is 68.0. The van der Waals surface area contributed by atoms with Crippen molar-refractivity contribution >= 4 is 139 Å². The number of benzene rings is 15. The highest BCUT2D eigenvalue weighted by Crippen LogP contribution is 2.69. The molecule has 3 aliphatic carbocycles. The highest BCUT2D eigenvalue weighted by molar-refractivity contribution is 9.13. The number of carbonyl (C=O) groups excluding carboxylic acids is 2. The number of ether oxygens (including phenoxy) is 5. The number of carbonyl (C=O) groups is 2. The highest BCUT2D eigenvalue weighted by atomic mass is 79.9. The molecular formula is C107H84Br8O7. The maximum Gasteiger partial charge on any atom is 0.194 e. The first kappa shape index (κ1) is 89.7. The van der Waals surface area contributed by atoms with Crippen LogP contribution in [-0.4, -0.2) is 47.1 Å². The van der Waals surface area contributed by atoms with Gasteiger partial charge in [-0.25, -0.2) is 0 Å². The number of ketones is 2. The van der Waals surface area contributed by atoms with Gasteiger partial charge < -0.3 is 23.7 Å². The fourth-order valence-electron chi connectivity index (χ4n) is 16.0. The predicted octanol–water partition coefficient (Wildman–Crippen LogP) is 32.1. The molecule has 7 nitrogen and oxygen atoms in total. The van der Waals surface area contributed by atoms with Crippen LogP contribution >= 0.6 is 127 Å². The molecule has 0 amide bonds. The number of aryl methyl sites for hydroxylation is 3. The molecule has 0 fully saturated rings. The molecule has 1 spiro atoms. The zero-order valence-corrected chi connectivity index (χ0v) is 80.7. The second-order valence-corrected chi connectivity index (χ2v) is 35.8. The Labute approximate surface area is 782 Å². The van der Waals surface area contributed by atoms with Gasteiger partial charge in [-0.05, 0) is 234 Å². The van der Waals surface area contributed by atoms with Crippen molar-refractivity contribution in [3.63, 3.8) is 0 Å². The molecule has 0 aliphatic heterocycles. The molecule has 0 saturated carbocycles. The summed E-state index contributed by atoms with van der Waals surface area (Å²) < 4.78 is 35.5. The van der Waals surface area contributed by atoms with E-state index in [2.05, 4.69) is 251 Å². The molecule has 15 aromatic rings. The van der Waals surface area contributed by atoms with Crippen molar-refractivity contribution in [1.29, 1.82) is 0 Å². The predicted molar refractivity (Wildman–Crippen MR) is 530 cm³/mol. The molecular weight excluding hydrogens is 2040 g/mol. The van der Waals surface area contributed by atoms with Gasteiger partial charge in [-0.2, -0.15) is 0 Å². The van der Waals surface area contributed by atoms with Gasteiger partial charge in [-0.3, -0.25) is 9.59 Å². The molecule has 0 N–H and O–H groups in total. The van der Waals surface area contributed by atoms with Gasteiger partial charge in [0.05, 0.1) is 41.0 Å². The van der Waals surface area contributed by atoms with Crippen molar-refractivity contribution in [1.82, 2.24) is 0 Å². The van der Waals surface area contributed by atoms with Crippen LogP contribution in [0.15, 0.2) is 388 Å². The van der Waals surface area contributed by atoms with Crippen molar-refractivity contribution in [2.45, 2.75) is 32.1 Å². The molecule has 0 saturated heterocycles. The van der Waals surface area contributed by atoms with Crippen LogP contribution in [-0.2, 0) is 5.41 Å². The van der Waals surface area contributed by atoms with Crippen LogP contribution < -0.4 is 23.7 Å². The van der Waals surface area contributed by atoms with E-state index >= 15 is 0 Å². The Balaban J connectivity index is 0.000000134. The van der Waals surface area contributed by atoms with E-state index in [1.54, 1.807) is 35.5 Å². The Morgan fingerprint density at radius 3 is 1.23 bits per heavy atom. The largest absolute Gasteiger partial charge is 0.497 e. The van der Waals surface area contributed by atoms with Crippen LogP contribution in [0.25, 0.3) is 66.8 Å². The monoisotopic (exact) mass is 2110 g/mol. The standard InChI is InChI=1S/C27H20Br2O2.C27H20Br2O.C27H22O2.C13H11BrO.C7H7BrO.C6H4Br2/c1-17-11-13-25(28)23(15-17)19-7-3-5-9-21(19)27(30)22-10-6-4-8-20(22)24-16-18(31-2)12-14-26(24)29;1-15-11-12-20(28)23-16-7-3-5-9-18(16)27(25(15)23)19-10-6-4-8-17(19)24-21(29)13-14-22(30-2)26(24)27;1-19-9-7-10-20(17-19)23-13-3-5-15-25(23)27(28)26-16-6-4-14-24(26)21-11-8-12-22(18-21)29-2;1-15-11-6-4-5-10(9-11)12-7-2-3-8-13(12)14;1-9-7-4-2-3-6(8)5-7;7-5-3-1-2-4-6(5)8/h3-16H,1-2H3;3-14,16,18H,1-2H3;3-18H,1-2H3;2-9H,1H3;2-5H,1H3;1-4H. The van der Waals surface area contributed by atoms with Crippen LogP contribution in [0.5, 0.6) is 28.7 Å². The number of fused-ring (bicyclic) bond motifs is 10. The van der Waals surface area contributed by atoms with E-state index in [1.807, 2.05) is 249 Å². The summed E-state index contributed by atoms with van der Waals surface area (Å²) >= 11 is 28.6. The summed E-state index contributed by atoms with van der Waals surface area (Å²) in [5, 5.41) is 0. The molecule has 18 rings (SSSR count). The summed E-state index contributed by atoms with van der Waals surface area (Å²) in [5.41, 5.74) is 24.0. The third-order valence-corrected chi connectivity index (χ3v) is 27.3. The molecule has 0 radical (unpaired) electrons. The zero-order chi connectivity index (χ0) is 86.1. The average molecular weight is 2120 g/mol. The fourth-order valence-corrected chi connectivity index (χ4v) is 19.5. The van der Waals surface area contributed by atoms with Crippen molar-refractivity contribution in [3.05, 3.63) is 449 Å². The highest BCUT2D eigenvalue weighted by Gasteiger charge is 2.60. The van der Waals surface area contributed by atoms with Crippen molar-refractivity contribution < 1.29 is 33.3 Å². The van der Waals surface area contributed by atoms with E-state index in [-0.39, 0.29) is 17.0 Å². The lowest BCUT2D eigenvalue weighted by molar-refractivity contribution is 0.103. The molecule has 0 bridgehead atoms. The summed E-state index contributed by atoms with van der Waals surface area (Å²) in [6.45, 7) is 6.37. The van der Waals surface area contributed by atoms with Crippen molar-refractivity contribution in [2.24, 2.45) is 5.92 Å². The molecule has 122 heavy (non-hydrogen) atoms. The number of allylic oxidation sites excluding steroid dienone is 4. The molecule has 0 aromatic heterocycles. The maximum atomic E-state index is 13.8. The van der Waals surface area contributed by atoms with Crippen molar-refractivity contribution in [2.75, 3.05) is 35.5 Å². The van der Waals surface area contributed by atoms with E-state index < -0.39 is 0 Å². The lowest BCUT2D eigenvalue weighted by Crippen LogP contribution is -2.34. The number of rotatable bonds is 14. The fraction of sp³-hybridized carbons (Fsp3) is 0.103. The summed E-state index contributed by atoms with van der Waals surface area (Å²) in [6, 6.07) is 108. The Bertz CT molecular complexity index is 6370. The van der Waals surface area contributed by atoms with Crippen LogP contribution in [0, 0.1) is 26.7 Å². The maximum absolute atomic E-state index is 13.8. The minimum Gasteiger partial charge on any atom is -0.497 e. The average Bonchev–Trinajstić information content (AvgIpc) is 1.50. The third kappa shape index (κ3) is 19.9. The summed E-state index contributed by atoms with van der Waals surface area (Å²) in [6.07, 6.45) is 9.18. The number of hydrogen-bond acceptors (Lipinski definition) is 7.